The number of rotatable bonds is 6. The van der Waals surface area contributed by atoms with E-state index in [4.69, 9.17) is 4.42 Å². The number of nitrogens with one attached hydrogen (secondary N) is 1. The van der Waals surface area contributed by atoms with Crippen LogP contribution in [0.2, 0.25) is 0 Å². The Labute approximate surface area is 159 Å². The normalized spacial score (nSPS) is 13.4. The number of aliphatic hydroxyl groups excluding tert-OH is 1. The first-order valence-corrected chi connectivity index (χ1v) is 9.64. The first kappa shape index (κ1) is 20.1. The van der Waals surface area contributed by atoms with E-state index in [1.807, 2.05) is 0 Å². The lowest BCUT2D eigenvalue weighted by Gasteiger charge is -2.14. The molecular formula is C19H16F3NO4S. The fourth-order valence-electron chi connectivity index (χ4n) is 2.54. The van der Waals surface area contributed by atoms with Crippen molar-refractivity contribution in [3.8, 4) is 11.3 Å². The highest BCUT2D eigenvalue weighted by molar-refractivity contribution is 7.89. The molecule has 0 fully saturated rings. The summed E-state index contributed by atoms with van der Waals surface area (Å²) in [7, 11) is -4.21. The molecule has 0 bridgehead atoms. The van der Waals surface area contributed by atoms with Gasteiger partial charge in [-0.25, -0.2) is 13.1 Å². The maximum absolute atomic E-state index is 12.8. The molecule has 9 heteroatoms. The van der Waals surface area contributed by atoms with Crippen molar-refractivity contribution in [3.05, 3.63) is 78.1 Å². The van der Waals surface area contributed by atoms with E-state index in [9.17, 15) is 26.7 Å². The number of benzene rings is 2. The van der Waals surface area contributed by atoms with Crippen molar-refractivity contribution >= 4 is 10.0 Å². The number of alkyl halides is 3. The fourth-order valence-corrected chi connectivity index (χ4v) is 3.63. The molecule has 2 N–H and O–H groups in total. The Balaban J connectivity index is 1.69. The third kappa shape index (κ3) is 4.61. The lowest BCUT2D eigenvalue weighted by atomic mass is 10.1. The van der Waals surface area contributed by atoms with Crippen LogP contribution >= 0.6 is 0 Å². The molecule has 0 amide bonds. The van der Waals surface area contributed by atoms with Crippen molar-refractivity contribution in [2.24, 2.45) is 0 Å². The molecule has 148 valence electrons. The number of sulfonamides is 1. The molecule has 0 saturated carbocycles. The largest absolute Gasteiger partial charge is 0.464 e. The third-order valence-electron chi connectivity index (χ3n) is 4.04. The molecule has 1 atom stereocenters. The van der Waals surface area contributed by atoms with Crippen LogP contribution in [0.25, 0.3) is 11.3 Å². The van der Waals surface area contributed by atoms with Crippen LogP contribution in [-0.4, -0.2) is 20.1 Å². The van der Waals surface area contributed by atoms with Gasteiger partial charge in [-0.15, -0.1) is 0 Å². The summed E-state index contributed by atoms with van der Waals surface area (Å²) in [6.07, 6.45) is -4.30. The van der Waals surface area contributed by atoms with Crippen LogP contribution in [0.1, 0.15) is 17.2 Å². The summed E-state index contributed by atoms with van der Waals surface area (Å²) < 4.78 is 70.2. The number of halogens is 3. The number of aliphatic hydroxyl groups is 1. The molecule has 2 aromatic carbocycles. The van der Waals surface area contributed by atoms with Crippen molar-refractivity contribution in [1.82, 2.24) is 4.72 Å². The zero-order valence-electron chi connectivity index (χ0n) is 14.3. The monoisotopic (exact) mass is 411 g/mol. The molecule has 0 radical (unpaired) electrons. The van der Waals surface area contributed by atoms with Gasteiger partial charge in [-0.1, -0.05) is 30.3 Å². The summed E-state index contributed by atoms with van der Waals surface area (Å²) in [6, 6.07) is 13.6. The van der Waals surface area contributed by atoms with E-state index in [1.165, 1.54) is 6.26 Å². The van der Waals surface area contributed by atoms with Gasteiger partial charge in [0.2, 0.25) is 10.0 Å². The maximum Gasteiger partial charge on any atom is 0.416 e. The minimum absolute atomic E-state index is 0.390. The van der Waals surface area contributed by atoms with E-state index in [-0.39, 0.29) is 0 Å². The Morgan fingerprint density at radius 3 is 2.36 bits per heavy atom. The van der Waals surface area contributed by atoms with Crippen molar-refractivity contribution < 1.29 is 31.1 Å². The Morgan fingerprint density at radius 2 is 1.75 bits per heavy atom. The van der Waals surface area contributed by atoms with Gasteiger partial charge in [0.15, 0.2) is 0 Å². The van der Waals surface area contributed by atoms with Crippen LogP contribution in [0.3, 0.4) is 0 Å². The van der Waals surface area contributed by atoms with Crippen molar-refractivity contribution in [3.63, 3.8) is 0 Å². The molecule has 3 rings (SSSR count). The van der Waals surface area contributed by atoms with Crippen molar-refractivity contribution in [2.45, 2.75) is 17.2 Å². The van der Waals surface area contributed by atoms with Gasteiger partial charge < -0.3 is 9.52 Å². The van der Waals surface area contributed by atoms with Gasteiger partial charge in [0, 0.05) is 12.1 Å². The van der Waals surface area contributed by atoms with Crippen molar-refractivity contribution in [1.29, 1.82) is 0 Å². The summed E-state index contributed by atoms with van der Waals surface area (Å²) in [5.74, 6) is 0.645. The Kier molecular flexibility index (Phi) is 5.59. The van der Waals surface area contributed by atoms with Crippen LogP contribution in [0.5, 0.6) is 0 Å². The summed E-state index contributed by atoms with van der Waals surface area (Å²) in [5.41, 5.74) is 0.164. The average molecular weight is 411 g/mol. The van der Waals surface area contributed by atoms with Gasteiger partial charge in [-0.05, 0) is 35.9 Å². The van der Waals surface area contributed by atoms with E-state index in [1.54, 1.807) is 36.4 Å². The lowest BCUT2D eigenvalue weighted by Crippen LogP contribution is -2.28. The second-order valence-electron chi connectivity index (χ2n) is 5.99. The second-order valence-corrected chi connectivity index (χ2v) is 7.76. The highest BCUT2D eigenvalue weighted by Crippen LogP contribution is 2.30. The molecule has 0 saturated heterocycles. The maximum atomic E-state index is 12.8. The molecule has 3 aromatic rings. The molecule has 1 unspecified atom stereocenters. The average Bonchev–Trinajstić information content (AvgIpc) is 3.20. The molecule has 1 heterocycles. The standard InChI is InChI=1S/C19H16F3NO4S/c20-19(21,22)15-3-1-4-16(11-15)28(25,26)23-12-17(24)13-6-8-14(9-7-13)18-5-2-10-27-18/h1-11,17,23-24H,12H2. The van der Waals surface area contributed by atoms with E-state index in [0.717, 1.165) is 23.8 Å². The van der Waals surface area contributed by atoms with Gasteiger partial charge in [0.05, 0.1) is 22.8 Å². The second kappa shape index (κ2) is 7.78. The molecule has 0 aliphatic carbocycles. The fraction of sp³-hybridized carbons (Fsp3) is 0.158. The predicted molar refractivity (Wildman–Crippen MR) is 95.7 cm³/mol. The molecule has 0 spiro atoms. The van der Waals surface area contributed by atoms with Gasteiger partial charge in [0.1, 0.15) is 5.76 Å². The molecule has 5 nitrogen and oxygen atoms in total. The van der Waals surface area contributed by atoms with Crippen LogP contribution in [0.4, 0.5) is 13.2 Å². The topological polar surface area (TPSA) is 79.5 Å². The van der Waals surface area contributed by atoms with E-state index >= 15 is 0 Å². The molecule has 28 heavy (non-hydrogen) atoms. The highest BCUT2D eigenvalue weighted by atomic mass is 32.2. The van der Waals surface area contributed by atoms with Crippen molar-refractivity contribution in [2.75, 3.05) is 6.54 Å². The quantitative estimate of drug-likeness (QED) is 0.643. The Hall–Kier alpha value is -2.62. The predicted octanol–water partition coefficient (Wildman–Crippen LogP) is 3.98. The summed E-state index contributed by atoms with van der Waals surface area (Å²) in [4.78, 5) is -0.525. The Morgan fingerprint density at radius 1 is 1.04 bits per heavy atom. The zero-order chi connectivity index (χ0) is 20.4. The zero-order valence-corrected chi connectivity index (χ0v) is 15.2. The van der Waals surface area contributed by atoms with Gasteiger partial charge in [-0.3, -0.25) is 0 Å². The lowest BCUT2D eigenvalue weighted by molar-refractivity contribution is -0.137. The minimum Gasteiger partial charge on any atom is -0.464 e. The number of hydrogen-bond acceptors (Lipinski definition) is 4. The smallest absolute Gasteiger partial charge is 0.416 e. The van der Waals surface area contributed by atoms with Gasteiger partial charge >= 0.3 is 6.18 Å². The van der Waals surface area contributed by atoms with E-state index in [2.05, 4.69) is 4.72 Å². The highest BCUT2D eigenvalue weighted by Gasteiger charge is 2.31. The first-order valence-electron chi connectivity index (χ1n) is 8.16. The summed E-state index contributed by atoms with van der Waals surface area (Å²) >= 11 is 0. The van der Waals surface area contributed by atoms with E-state index in [0.29, 0.717) is 17.4 Å². The SMILES string of the molecule is O=S(=O)(NCC(O)c1ccc(-c2ccco2)cc1)c1cccc(C(F)(F)F)c1. The molecule has 0 aliphatic rings. The van der Waals surface area contributed by atoms with Crippen LogP contribution in [0.15, 0.2) is 76.2 Å². The van der Waals surface area contributed by atoms with E-state index < -0.39 is 39.3 Å². The third-order valence-corrected chi connectivity index (χ3v) is 5.46. The number of furan rings is 1. The van der Waals surface area contributed by atoms with Gasteiger partial charge in [-0.2, -0.15) is 13.2 Å². The Bertz CT molecular complexity index is 1030. The molecular weight excluding hydrogens is 395 g/mol. The summed E-state index contributed by atoms with van der Waals surface area (Å²) in [5, 5.41) is 10.2. The van der Waals surface area contributed by atoms with Crippen LogP contribution in [-0.2, 0) is 16.2 Å². The van der Waals surface area contributed by atoms with Gasteiger partial charge in [0.25, 0.3) is 0 Å². The molecule has 1 aromatic heterocycles. The molecule has 0 aliphatic heterocycles. The number of hydrogen-bond donors (Lipinski definition) is 2. The summed E-state index contributed by atoms with van der Waals surface area (Å²) in [6.45, 7) is -0.390. The van der Waals surface area contributed by atoms with Crippen LogP contribution < -0.4 is 4.72 Å². The minimum atomic E-state index is -4.65. The first-order chi connectivity index (χ1) is 13.2. The van der Waals surface area contributed by atoms with Crippen LogP contribution in [0, 0.1) is 0 Å².